The number of hydrogen-bond acceptors (Lipinski definition) is 5. The highest BCUT2D eigenvalue weighted by atomic mass is 32.2. The molecular formula is C17H26N2O4S. The number of nitrogens with zero attached hydrogens (tertiary/aromatic N) is 2. The lowest BCUT2D eigenvalue weighted by molar-refractivity contribution is 0.0573. The summed E-state index contributed by atoms with van der Waals surface area (Å²) in [4.78, 5) is 13.7. The summed E-state index contributed by atoms with van der Waals surface area (Å²) < 4.78 is 33.3. The lowest BCUT2D eigenvalue weighted by Crippen LogP contribution is -2.46. The zero-order valence-electron chi connectivity index (χ0n) is 14.6. The minimum Gasteiger partial charge on any atom is -0.381 e. The van der Waals surface area contributed by atoms with E-state index in [0.29, 0.717) is 44.7 Å². The molecule has 2 rings (SSSR count). The molecule has 1 heterocycles. The number of likely N-dealkylation sites (N-methyl/N-ethyl adjacent to an activating group) is 1. The Morgan fingerprint density at radius 1 is 1.21 bits per heavy atom. The summed E-state index contributed by atoms with van der Waals surface area (Å²) in [5, 5.41) is 0. The van der Waals surface area contributed by atoms with Gasteiger partial charge in [-0.25, -0.2) is 8.42 Å². The van der Waals surface area contributed by atoms with Crippen LogP contribution in [-0.4, -0.2) is 69.8 Å². The second kappa shape index (κ2) is 8.20. The third kappa shape index (κ3) is 4.63. The highest BCUT2D eigenvalue weighted by molar-refractivity contribution is 7.89. The van der Waals surface area contributed by atoms with Crippen molar-refractivity contribution in [1.82, 2.24) is 9.21 Å². The van der Waals surface area contributed by atoms with Gasteiger partial charge in [0, 0.05) is 37.9 Å². The van der Waals surface area contributed by atoms with Crippen molar-refractivity contribution in [2.75, 3.05) is 40.4 Å². The molecule has 0 bridgehead atoms. The lowest BCUT2D eigenvalue weighted by atomic mass is 10.1. The second-order valence-corrected chi connectivity index (χ2v) is 8.24. The van der Waals surface area contributed by atoms with Gasteiger partial charge in [-0.1, -0.05) is 12.1 Å². The van der Waals surface area contributed by atoms with Crippen LogP contribution in [0.2, 0.25) is 0 Å². The molecule has 0 amide bonds. The van der Waals surface area contributed by atoms with Crippen LogP contribution >= 0.6 is 0 Å². The van der Waals surface area contributed by atoms with E-state index in [1.54, 1.807) is 22.5 Å². The molecule has 6 nitrogen and oxygen atoms in total. The first-order valence-electron chi connectivity index (χ1n) is 8.17. The van der Waals surface area contributed by atoms with E-state index in [1.807, 2.05) is 19.0 Å². The molecule has 0 aromatic heterocycles. The number of carbonyl (C=O) groups is 1. The van der Waals surface area contributed by atoms with Gasteiger partial charge in [-0.15, -0.1) is 0 Å². The van der Waals surface area contributed by atoms with Crippen molar-refractivity contribution in [2.45, 2.75) is 30.7 Å². The smallest absolute Gasteiger partial charge is 0.243 e. The van der Waals surface area contributed by atoms with Crippen LogP contribution < -0.4 is 0 Å². The number of benzene rings is 1. The summed E-state index contributed by atoms with van der Waals surface area (Å²) in [6.07, 6.45) is 1.39. The average molecular weight is 354 g/mol. The molecule has 1 saturated heterocycles. The number of rotatable bonds is 7. The van der Waals surface area contributed by atoms with E-state index in [-0.39, 0.29) is 16.7 Å². The molecule has 0 N–H and O–H groups in total. The van der Waals surface area contributed by atoms with Gasteiger partial charge in [0.05, 0.1) is 4.90 Å². The molecule has 24 heavy (non-hydrogen) atoms. The van der Waals surface area contributed by atoms with Gasteiger partial charge in [-0.05, 0) is 46.0 Å². The van der Waals surface area contributed by atoms with Crippen LogP contribution in [0.1, 0.15) is 30.1 Å². The van der Waals surface area contributed by atoms with Gasteiger partial charge in [0.2, 0.25) is 10.0 Å². The van der Waals surface area contributed by atoms with Crippen molar-refractivity contribution in [2.24, 2.45) is 0 Å². The van der Waals surface area contributed by atoms with Gasteiger partial charge < -0.3 is 9.64 Å². The Hall–Kier alpha value is -1.28. The summed E-state index contributed by atoms with van der Waals surface area (Å²) in [5.74, 6) is -0.141. The number of ketones is 1. The molecule has 1 fully saturated rings. The number of sulfonamides is 1. The standard InChI is InChI=1S/C17H26N2O4S/c1-14(20)15-5-4-6-17(13-15)24(21,22)19(10-9-18(2)3)16-7-11-23-12-8-16/h4-6,13,16H,7-12H2,1-3H3. The van der Waals surface area contributed by atoms with Crippen LogP contribution in [0.5, 0.6) is 0 Å². The van der Waals surface area contributed by atoms with Gasteiger partial charge in [-0.3, -0.25) is 4.79 Å². The molecule has 0 aliphatic carbocycles. The molecule has 1 aliphatic rings. The van der Waals surface area contributed by atoms with E-state index in [4.69, 9.17) is 4.74 Å². The van der Waals surface area contributed by atoms with Crippen LogP contribution in [0.3, 0.4) is 0 Å². The van der Waals surface area contributed by atoms with E-state index in [2.05, 4.69) is 0 Å². The fraction of sp³-hybridized carbons (Fsp3) is 0.588. The van der Waals surface area contributed by atoms with Gasteiger partial charge in [0.15, 0.2) is 5.78 Å². The number of carbonyl (C=O) groups excluding carboxylic acids is 1. The zero-order chi connectivity index (χ0) is 17.7. The van der Waals surface area contributed by atoms with Crippen molar-refractivity contribution in [3.05, 3.63) is 29.8 Å². The van der Waals surface area contributed by atoms with Crippen LogP contribution in [0.25, 0.3) is 0 Å². The first-order valence-corrected chi connectivity index (χ1v) is 9.61. The van der Waals surface area contributed by atoms with Crippen molar-refractivity contribution >= 4 is 15.8 Å². The fourth-order valence-electron chi connectivity index (χ4n) is 2.78. The number of hydrogen-bond donors (Lipinski definition) is 0. The Morgan fingerprint density at radius 2 is 1.88 bits per heavy atom. The molecule has 0 atom stereocenters. The van der Waals surface area contributed by atoms with Crippen molar-refractivity contribution in [3.63, 3.8) is 0 Å². The maximum absolute atomic E-state index is 13.2. The molecular weight excluding hydrogens is 328 g/mol. The number of Topliss-reactive ketones (excluding diaryl/α,β-unsaturated/α-hetero) is 1. The predicted octanol–water partition coefficient (Wildman–Crippen LogP) is 1.62. The summed E-state index contributed by atoms with van der Waals surface area (Å²) in [6.45, 7) is 3.65. The molecule has 0 saturated carbocycles. The highest BCUT2D eigenvalue weighted by Gasteiger charge is 2.32. The molecule has 1 aliphatic heterocycles. The Labute approximate surface area is 144 Å². The topological polar surface area (TPSA) is 66.9 Å². The Kier molecular flexibility index (Phi) is 6.51. The van der Waals surface area contributed by atoms with E-state index in [9.17, 15) is 13.2 Å². The first kappa shape index (κ1) is 19.1. The van der Waals surface area contributed by atoms with Crippen LogP contribution in [0.4, 0.5) is 0 Å². The van der Waals surface area contributed by atoms with Gasteiger partial charge in [-0.2, -0.15) is 4.31 Å². The summed E-state index contributed by atoms with van der Waals surface area (Å²) in [5.41, 5.74) is 0.413. The maximum atomic E-state index is 13.2. The summed E-state index contributed by atoms with van der Waals surface area (Å²) >= 11 is 0. The van der Waals surface area contributed by atoms with Crippen molar-refractivity contribution < 1.29 is 17.9 Å². The fourth-order valence-corrected chi connectivity index (χ4v) is 4.50. The molecule has 1 aromatic carbocycles. The SMILES string of the molecule is CC(=O)c1cccc(S(=O)(=O)N(CCN(C)C)C2CCOCC2)c1. The Balaban J connectivity index is 2.34. The van der Waals surface area contributed by atoms with Crippen LogP contribution in [-0.2, 0) is 14.8 Å². The minimum atomic E-state index is -3.65. The molecule has 0 spiro atoms. The summed E-state index contributed by atoms with van der Waals surface area (Å²) in [6, 6.07) is 6.23. The summed E-state index contributed by atoms with van der Waals surface area (Å²) in [7, 11) is 0.190. The third-order valence-electron chi connectivity index (χ3n) is 4.21. The molecule has 0 radical (unpaired) electrons. The minimum absolute atomic E-state index is 0.0651. The third-order valence-corrected chi connectivity index (χ3v) is 6.16. The lowest BCUT2D eigenvalue weighted by Gasteiger charge is -2.34. The molecule has 7 heteroatoms. The highest BCUT2D eigenvalue weighted by Crippen LogP contribution is 2.24. The first-order chi connectivity index (χ1) is 11.3. The monoisotopic (exact) mass is 354 g/mol. The van der Waals surface area contributed by atoms with Crippen LogP contribution in [0.15, 0.2) is 29.2 Å². The zero-order valence-corrected chi connectivity index (χ0v) is 15.4. The van der Waals surface area contributed by atoms with Crippen molar-refractivity contribution in [3.8, 4) is 0 Å². The van der Waals surface area contributed by atoms with E-state index in [0.717, 1.165) is 0 Å². The Morgan fingerprint density at radius 3 is 2.46 bits per heavy atom. The quantitative estimate of drug-likeness (QED) is 0.696. The molecule has 134 valence electrons. The van der Waals surface area contributed by atoms with Crippen molar-refractivity contribution in [1.29, 1.82) is 0 Å². The molecule has 1 aromatic rings. The van der Waals surface area contributed by atoms with Gasteiger partial charge >= 0.3 is 0 Å². The van der Waals surface area contributed by atoms with E-state index < -0.39 is 10.0 Å². The molecule has 0 unspecified atom stereocenters. The predicted molar refractivity (Wildman–Crippen MR) is 92.7 cm³/mol. The largest absolute Gasteiger partial charge is 0.381 e. The average Bonchev–Trinajstić information content (AvgIpc) is 2.55. The van der Waals surface area contributed by atoms with Gasteiger partial charge in [0.25, 0.3) is 0 Å². The number of ether oxygens (including phenoxy) is 1. The Bertz CT molecular complexity index is 667. The second-order valence-electron chi connectivity index (χ2n) is 6.35. The maximum Gasteiger partial charge on any atom is 0.243 e. The van der Waals surface area contributed by atoms with Gasteiger partial charge in [0.1, 0.15) is 0 Å². The normalized spacial score (nSPS) is 16.7. The van der Waals surface area contributed by atoms with Crippen LogP contribution in [0, 0.1) is 0 Å². The van der Waals surface area contributed by atoms with E-state index >= 15 is 0 Å². The van der Waals surface area contributed by atoms with E-state index in [1.165, 1.54) is 13.0 Å².